The zero-order valence-corrected chi connectivity index (χ0v) is 26.4. The van der Waals surface area contributed by atoms with Gasteiger partial charge in [-0.1, -0.05) is 103 Å². The number of phosphoric ester groups is 1. The lowest BCUT2D eigenvalue weighted by atomic mass is 9.79. The number of likely N-dealkylation sites (N-methyl/N-ethyl adjacent to an activating group) is 1. The first-order valence-corrected chi connectivity index (χ1v) is 17.1. The van der Waals surface area contributed by atoms with Gasteiger partial charge in [-0.15, -0.1) is 0 Å². The molecule has 0 aromatic heterocycles. The van der Waals surface area contributed by atoms with Gasteiger partial charge in [-0.05, 0) is 32.6 Å². The minimum atomic E-state index is -4.51. The number of rotatable bonds is 24. The Balaban J connectivity index is 2.36. The lowest BCUT2D eigenvalue weighted by Gasteiger charge is -2.36. The summed E-state index contributed by atoms with van der Waals surface area (Å²) in [7, 11) is 1.41. The van der Waals surface area contributed by atoms with Gasteiger partial charge in [-0.25, -0.2) is 0 Å². The summed E-state index contributed by atoms with van der Waals surface area (Å²) in [5.74, 6) is -0.320. The van der Waals surface area contributed by atoms with Crippen molar-refractivity contribution in [2.24, 2.45) is 5.41 Å². The highest BCUT2D eigenvalue weighted by molar-refractivity contribution is 7.45. The Kier molecular flexibility index (Phi) is 18.3. The van der Waals surface area contributed by atoms with Gasteiger partial charge in [-0.2, -0.15) is 0 Å². The molecule has 1 fully saturated rings. The first-order chi connectivity index (χ1) is 18.1. The van der Waals surface area contributed by atoms with Crippen LogP contribution >= 0.6 is 7.82 Å². The number of carbonyl (C=O) groups excluding carboxylic acids is 1. The zero-order valence-electron chi connectivity index (χ0n) is 25.5. The van der Waals surface area contributed by atoms with Gasteiger partial charge < -0.3 is 23.2 Å². The Labute approximate surface area is 234 Å². The molecule has 38 heavy (non-hydrogen) atoms. The van der Waals surface area contributed by atoms with Crippen molar-refractivity contribution in [1.82, 2.24) is 0 Å². The monoisotopic (exact) mass is 561 g/mol. The molecular formula is C30H60NO6P. The van der Waals surface area contributed by atoms with E-state index >= 15 is 0 Å². The predicted molar refractivity (Wildman–Crippen MR) is 154 cm³/mol. The van der Waals surface area contributed by atoms with Crippen LogP contribution in [0, 0.1) is 5.41 Å². The molecule has 0 aromatic rings. The van der Waals surface area contributed by atoms with Crippen LogP contribution in [-0.4, -0.2) is 57.5 Å². The van der Waals surface area contributed by atoms with Crippen molar-refractivity contribution >= 4 is 13.8 Å². The summed E-state index contributed by atoms with van der Waals surface area (Å²) < 4.78 is 29.3. The molecule has 3 atom stereocenters. The van der Waals surface area contributed by atoms with E-state index in [-0.39, 0.29) is 19.2 Å². The minimum absolute atomic E-state index is 0.0580. The molecule has 0 aromatic carbocycles. The zero-order chi connectivity index (χ0) is 28.3. The smallest absolute Gasteiger partial charge is 0.314 e. The second kappa shape index (κ2) is 19.6. The first-order valence-electron chi connectivity index (χ1n) is 15.7. The predicted octanol–water partition coefficient (Wildman–Crippen LogP) is 7.56. The fraction of sp³-hybridized carbons (Fsp3) is 0.967. The summed E-state index contributed by atoms with van der Waals surface area (Å²) in [4.78, 5) is 25.6. The summed E-state index contributed by atoms with van der Waals surface area (Å²) in [5, 5.41) is 0. The Bertz CT molecular complexity index is 668. The normalized spacial score (nSPS) is 21.5. The average Bonchev–Trinajstić information content (AvgIpc) is 3.23. The van der Waals surface area contributed by atoms with E-state index < -0.39 is 19.3 Å². The van der Waals surface area contributed by atoms with Crippen molar-refractivity contribution < 1.29 is 32.5 Å². The van der Waals surface area contributed by atoms with Crippen molar-refractivity contribution in [3.05, 3.63) is 0 Å². The minimum Gasteiger partial charge on any atom is -0.756 e. The number of esters is 1. The Morgan fingerprint density at radius 3 is 1.84 bits per heavy atom. The number of hydrogen-bond acceptors (Lipinski definition) is 6. The number of nitrogens with zero attached hydrogens (tertiary/aromatic N) is 1. The van der Waals surface area contributed by atoms with Crippen LogP contribution in [0.2, 0.25) is 0 Å². The fourth-order valence-corrected chi connectivity index (χ4v) is 6.50. The molecule has 7 nitrogen and oxygen atoms in total. The van der Waals surface area contributed by atoms with E-state index in [0.29, 0.717) is 30.3 Å². The number of carbonyl (C=O) groups is 1. The molecule has 1 aliphatic rings. The van der Waals surface area contributed by atoms with Crippen LogP contribution in [-0.2, 0) is 23.1 Å². The van der Waals surface area contributed by atoms with E-state index in [1.54, 1.807) is 6.92 Å². The molecule has 1 unspecified atom stereocenters. The topological polar surface area (TPSA) is 84.9 Å². The molecule has 0 spiro atoms. The van der Waals surface area contributed by atoms with E-state index in [1.807, 2.05) is 21.1 Å². The quantitative estimate of drug-likeness (QED) is 0.0523. The first kappa shape index (κ1) is 35.6. The molecule has 0 saturated heterocycles. The molecule has 0 bridgehead atoms. The van der Waals surface area contributed by atoms with Crippen molar-refractivity contribution in [2.45, 2.75) is 142 Å². The van der Waals surface area contributed by atoms with Crippen LogP contribution in [0.4, 0.5) is 0 Å². The fourth-order valence-electron chi connectivity index (χ4n) is 5.51. The van der Waals surface area contributed by atoms with E-state index in [4.69, 9.17) is 13.8 Å². The molecule has 1 rings (SSSR count). The van der Waals surface area contributed by atoms with Crippen LogP contribution in [0.3, 0.4) is 0 Å². The molecule has 0 aliphatic heterocycles. The second-order valence-corrected chi connectivity index (χ2v) is 13.7. The molecule has 1 saturated carbocycles. The van der Waals surface area contributed by atoms with Crippen molar-refractivity contribution in [3.63, 3.8) is 0 Å². The van der Waals surface area contributed by atoms with Gasteiger partial charge in [0.15, 0.2) is 0 Å². The van der Waals surface area contributed by atoms with E-state index in [9.17, 15) is 14.3 Å². The molecule has 0 radical (unpaired) electrons. The van der Waals surface area contributed by atoms with Crippen LogP contribution in [0.5, 0.6) is 0 Å². The van der Waals surface area contributed by atoms with Gasteiger partial charge in [0.1, 0.15) is 13.2 Å². The number of ether oxygens (including phenoxy) is 1. The average molecular weight is 562 g/mol. The molecule has 0 amide bonds. The molecule has 8 heteroatoms. The van der Waals surface area contributed by atoms with Crippen molar-refractivity contribution in [1.29, 1.82) is 0 Å². The highest BCUT2D eigenvalue weighted by Crippen LogP contribution is 2.52. The Morgan fingerprint density at radius 1 is 0.868 bits per heavy atom. The standard InChI is InChI=1S/C30H60NO6P/c1-6-8-9-10-11-12-13-14-15-16-17-18-19-20-21-24-30(29(32)35-7-2)25-22-23-28(30)37-38(33,34)36-27-26-31(3,4)5/h28H,6-27H2,1-5H3/t28-,30-/m1/s1. The van der Waals surface area contributed by atoms with Crippen LogP contribution in [0.25, 0.3) is 0 Å². The maximum atomic E-state index is 13.1. The summed E-state index contributed by atoms with van der Waals surface area (Å²) in [6.07, 6.45) is 21.0. The molecule has 0 heterocycles. The van der Waals surface area contributed by atoms with E-state index in [2.05, 4.69) is 6.92 Å². The lowest BCUT2D eigenvalue weighted by Crippen LogP contribution is -2.42. The molecule has 0 N–H and O–H groups in total. The van der Waals surface area contributed by atoms with Gasteiger partial charge in [0.2, 0.25) is 0 Å². The molecular weight excluding hydrogens is 501 g/mol. The lowest BCUT2D eigenvalue weighted by molar-refractivity contribution is -0.870. The summed E-state index contributed by atoms with van der Waals surface area (Å²) in [5.41, 5.74) is -0.893. The largest absolute Gasteiger partial charge is 0.756 e. The van der Waals surface area contributed by atoms with Gasteiger partial charge in [0, 0.05) is 0 Å². The summed E-state index contributed by atoms with van der Waals surface area (Å²) in [6, 6.07) is 0. The van der Waals surface area contributed by atoms with Gasteiger partial charge >= 0.3 is 5.97 Å². The molecule has 226 valence electrons. The Morgan fingerprint density at radius 2 is 1.37 bits per heavy atom. The van der Waals surface area contributed by atoms with E-state index in [0.717, 1.165) is 25.7 Å². The van der Waals surface area contributed by atoms with Crippen LogP contribution in [0.1, 0.15) is 136 Å². The van der Waals surface area contributed by atoms with Crippen LogP contribution < -0.4 is 4.89 Å². The number of quaternary nitrogens is 1. The number of hydrogen-bond donors (Lipinski definition) is 0. The van der Waals surface area contributed by atoms with E-state index in [1.165, 1.54) is 77.0 Å². The number of unbranched alkanes of at least 4 members (excludes halogenated alkanes) is 14. The second-order valence-electron chi connectivity index (χ2n) is 12.4. The SMILES string of the molecule is CCCCCCCCCCCCCCCCC[C@@]1(C(=O)OCC)CCC[C@H]1OP(=O)([O-])OCC[N+](C)(C)C. The van der Waals surface area contributed by atoms with Crippen molar-refractivity contribution in [3.8, 4) is 0 Å². The third-order valence-electron chi connectivity index (χ3n) is 7.88. The summed E-state index contributed by atoms with van der Waals surface area (Å²) in [6.45, 7) is 4.93. The highest BCUT2D eigenvalue weighted by atomic mass is 31.2. The number of phosphoric acid groups is 1. The third kappa shape index (κ3) is 15.4. The maximum Gasteiger partial charge on any atom is 0.314 e. The maximum absolute atomic E-state index is 13.1. The van der Waals surface area contributed by atoms with Crippen molar-refractivity contribution in [2.75, 3.05) is 40.9 Å². The molecule has 1 aliphatic carbocycles. The third-order valence-corrected chi connectivity index (χ3v) is 8.89. The van der Waals surface area contributed by atoms with Gasteiger partial charge in [0.25, 0.3) is 7.82 Å². The summed E-state index contributed by atoms with van der Waals surface area (Å²) >= 11 is 0. The van der Waals surface area contributed by atoms with Gasteiger partial charge in [0.05, 0.1) is 39.3 Å². The van der Waals surface area contributed by atoms with Crippen LogP contribution in [0.15, 0.2) is 0 Å². The Hall–Kier alpha value is -0.460. The highest BCUT2D eigenvalue weighted by Gasteiger charge is 2.51. The van der Waals surface area contributed by atoms with Gasteiger partial charge in [-0.3, -0.25) is 9.36 Å².